The Morgan fingerprint density at radius 1 is 0.971 bits per heavy atom. The number of aliphatic hydroxyl groups is 4. The van der Waals surface area contributed by atoms with Crippen molar-refractivity contribution < 1.29 is 49.3 Å². The molecule has 1 aliphatic carbocycles. The van der Waals surface area contributed by atoms with Gasteiger partial charge in [0.25, 0.3) is 0 Å². The molecule has 0 aromatic heterocycles. The quantitative estimate of drug-likeness (QED) is 0.398. The average Bonchev–Trinajstić information content (AvgIpc) is 2.84. The Morgan fingerprint density at radius 3 is 2.44 bits per heavy atom. The molecule has 1 aromatic carbocycles. The molecule has 10 nitrogen and oxygen atoms in total. The van der Waals surface area contributed by atoms with Crippen LogP contribution in [0.25, 0.3) is 5.57 Å². The van der Waals surface area contributed by atoms with Gasteiger partial charge in [-0.05, 0) is 29.9 Å². The summed E-state index contributed by atoms with van der Waals surface area (Å²) in [6.45, 7) is -0.591. The Morgan fingerprint density at radius 2 is 1.74 bits per heavy atom. The van der Waals surface area contributed by atoms with Crippen molar-refractivity contribution in [1.82, 2.24) is 0 Å². The molecule has 5 N–H and O–H groups in total. The molecule has 0 spiro atoms. The van der Waals surface area contributed by atoms with Gasteiger partial charge in [-0.2, -0.15) is 0 Å². The lowest BCUT2D eigenvalue weighted by atomic mass is 9.65. The molecule has 184 valence electrons. The Hall–Kier alpha value is -2.47. The molecule has 10 atom stereocenters. The van der Waals surface area contributed by atoms with Gasteiger partial charge in [0.1, 0.15) is 30.5 Å². The van der Waals surface area contributed by atoms with Crippen LogP contribution in [0, 0.1) is 17.8 Å². The van der Waals surface area contributed by atoms with Gasteiger partial charge < -0.3 is 44.5 Å². The number of allylic oxidation sites excluding steroid dienone is 1. The topological polar surface area (TPSA) is 155 Å². The minimum absolute atomic E-state index is 0.0798. The maximum Gasteiger partial charge on any atom is 0.334 e. The molecule has 3 aliphatic heterocycles. The number of hydrogen-bond acceptors (Lipinski definition) is 9. The molecule has 4 aliphatic rings. The van der Waals surface area contributed by atoms with Crippen molar-refractivity contribution in [3.8, 4) is 0 Å². The number of hydrogen-bond donors (Lipinski definition) is 5. The lowest BCUT2D eigenvalue weighted by molar-refractivity contribution is -0.346. The highest BCUT2D eigenvalue weighted by Gasteiger charge is 2.54. The summed E-state index contributed by atoms with van der Waals surface area (Å²) >= 11 is 0. The normalized spacial score (nSPS) is 41.3. The van der Waals surface area contributed by atoms with E-state index in [0.29, 0.717) is 12.8 Å². The maximum atomic E-state index is 12.0. The zero-order chi connectivity index (χ0) is 24.0. The molecule has 34 heavy (non-hydrogen) atoms. The first-order valence-electron chi connectivity index (χ1n) is 11.3. The number of benzene rings is 1. The van der Waals surface area contributed by atoms with Gasteiger partial charge in [0.15, 0.2) is 6.29 Å². The summed E-state index contributed by atoms with van der Waals surface area (Å²) in [5.74, 6) is -1.98. The maximum absolute atomic E-state index is 12.0. The molecule has 1 aromatic rings. The van der Waals surface area contributed by atoms with Crippen LogP contribution in [0.15, 0.2) is 48.4 Å². The second-order valence-electron chi connectivity index (χ2n) is 9.18. The first-order valence-corrected chi connectivity index (χ1v) is 11.3. The smallest absolute Gasteiger partial charge is 0.334 e. The molecule has 0 radical (unpaired) electrons. The van der Waals surface area contributed by atoms with Crippen molar-refractivity contribution in [2.24, 2.45) is 17.8 Å². The molecule has 10 heteroatoms. The third kappa shape index (κ3) is 4.00. The molecule has 2 bridgehead atoms. The predicted molar refractivity (Wildman–Crippen MR) is 114 cm³/mol. The monoisotopic (exact) mass is 476 g/mol. The molecule has 2 fully saturated rings. The van der Waals surface area contributed by atoms with E-state index >= 15 is 0 Å². The van der Waals surface area contributed by atoms with Gasteiger partial charge >= 0.3 is 5.97 Å². The standard InChI is InChI=1S/C24H28O10/c25-8-17-19(26)20(27)21(28)24(33-17)34-23-18-13(15(10-32-23)22(29)30)6-12-7-16(18)31-9-14(12)11-4-2-1-3-5-11/h1-5,9-10,12-13,16-21,23-28H,6-8H2,(H,29,30)/t12-,13-,16-,17-,18+,19-,20+,21-,23+,24+/m1/s1. The van der Waals surface area contributed by atoms with Gasteiger partial charge in [-0.25, -0.2) is 4.79 Å². The van der Waals surface area contributed by atoms with E-state index in [9.17, 15) is 30.3 Å². The number of carbonyl (C=O) groups is 1. The average molecular weight is 476 g/mol. The van der Waals surface area contributed by atoms with Crippen LogP contribution < -0.4 is 0 Å². The van der Waals surface area contributed by atoms with Gasteiger partial charge in [0, 0.05) is 5.92 Å². The van der Waals surface area contributed by atoms with E-state index in [1.807, 2.05) is 30.3 Å². The van der Waals surface area contributed by atoms with Crippen molar-refractivity contribution in [3.63, 3.8) is 0 Å². The van der Waals surface area contributed by atoms with Crippen molar-refractivity contribution in [1.29, 1.82) is 0 Å². The largest absolute Gasteiger partial charge is 0.497 e. The van der Waals surface area contributed by atoms with Crippen LogP contribution in [-0.4, -0.2) is 81.2 Å². The van der Waals surface area contributed by atoms with Crippen LogP contribution in [0.5, 0.6) is 0 Å². The fourth-order valence-electron chi connectivity index (χ4n) is 5.51. The number of rotatable bonds is 5. The Balaban J connectivity index is 1.41. The fraction of sp³-hybridized carbons (Fsp3) is 0.542. The van der Waals surface area contributed by atoms with E-state index in [2.05, 4.69) is 0 Å². The Kier molecular flexibility index (Phi) is 6.36. The van der Waals surface area contributed by atoms with E-state index in [-0.39, 0.29) is 11.5 Å². The van der Waals surface area contributed by atoms with Gasteiger partial charge in [-0.3, -0.25) is 0 Å². The van der Waals surface area contributed by atoms with Gasteiger partial charge in [-0.15, -0.1) is 0 Å². The van der Waals surface area contributed by atoms with Crippen molar-refractivity contribution in [2.75, 3.05) is 6.61 Å². The molecule has 5 rings (SSSR count). The van der Waals surface area contributed by atoms with Crippen LogP contribution in [0.4, 0.5) is 0 Å². The Labute approximate surface area is 195 Å². The summed E-state index contributed by atoms with van der Waals surface area (Å²) in [5, 5.41) is 49.7. The predicted octanol–water partition coefficient (Wildman–Crippen LogP) is 0.210. The first-order chi connectivity index (χ1) is 16.4. The molecule has 1 saturated heterocycles. The van der Waals surface area contributed by atoms with Crippen molar-refractivity contribution in [3.05, 3.63) is 54.0 Å². The summed E-state index contributed by atoms with van der Waals surface area (Å²) < 4.78 is 23.1. The van der Waals surface area contributed by atoms with E-state index < -0.39 is 67.5 Å². The van der Waals surface area contributed by atoms with Crippen LogP contribution >= 0.6 is 0 Å². The number of carboxylic acids is 1. The van der Waals surface area contributed by atoms with Crippen molar-refractivity contribution in [2.45, 2.75) is 55.9 Å². The lowest BCUT2D eigenvalue weighted by Gasteiger charge is -2.49. The third-order valence-corrected chi connectivity index (χ3v) is 7.27. The minimum Gasteiger partial charge on any atom is -0.497 e. The minimum atomic E-state index is -1.60. The van der Waals surface area contributed by atoms with Crippen LogP contribution in [0.1, 0.15) is 18.4 Å². The van der Waals surface area contributed by atoms with E-state index in [1.165, 1.54) is 0 Å². The lowest BCUT2D eigenvalue weighted by Crippen LogP contribution is -2.61. The Bertz CT molecular complexity index is 960. The fourth-order valence-corrected chi connectivity index (χ4v) is 5.51. The summed E-state index contributed by atoms with van der Waals surface area (Å²) in [4.78, 5) is 12.0. The first kappa shape index (κ1) is 23.3. The van der Waals surface area contributed by atoms with Crippen LogP contribution in [0.2, 0.25) is 0 Å². The zero-order valence-electron chi connectivity index (χ0n) is 18.2. The van der Waals surface area contributed by atoms with E-state index in [4.69, 9.17) is 18.9 Å². The van der Waals surface area contributed by atoms with Gasteiger partial charge in [-0.1, -0.05) is 30.3 Å². The zero-order valence-corrected chi connectivity index (χ0v) is 18.2. The second kappa shape index (κ2) is 9.29. The molecule has 3 heterocycles. The SMILES string of the molecule is O=C(O)C1=CO[C@@H](O[C@@H]2O[C@H](CO)[C@@H](O)[C@H](O)[C@H]2O)[C@H]2[C@@H]1C[C@@H]1C[C@H]2OC=C1c1ccccc1. The molecular formula is C24H28O10. The summed E-state index contributed by atoms with van der Waals surface area (Å²) in [6, 6.07) is 9.79. The molecule has 0 unspecified atom stereocenters. The van der Waals surface area contributed by atoms with E-state index in [0.717, 1.165) is 17.4 Å². The summed E-state index contributed by atoms with van der Waals surface area (Å²) in [5.41, 5.74) is 2.15. The molecule has 0 amide bonds. The molecule has 1 saturated carbocycles. The highest BCUT2D eigenvalue weighted by Crippen LogP contribution is 2.51. The highest BCUT2D eigenvalue weighted by atomic mass is 16.8. The third-order valence-electron chi connectivity index (χ3n) is 7.27. The van der Waals surface area contributed by atoms with Gasteiger partial charge in [0.2, 0.25) is 6.29 Å². The number of aliphatic carboxylic acids is 1. The number of carboxylic acid groups (broad SMARTS) is 1. The number of aliphatic hydroxyl groups excluding tert-OH is 4. The highest BCUT2D eigenvalue weighted by molar-refractivity contribution is 5.87. The number of ether oxygens (including phenoxy) is 4. The second-order valence-corrected chi connectivity index (χ2v) is 9.18. The van der Waals surface area contributed by atoms with Crippen LogP contribution in [-0.2, 0) is 23.7 Å². The molecular weight excluding hydrogens is 448 g/mol. The summed E-state index contributed by atoms with van der Waals surface area (Å²) in [6.07, 6.45) is -4.65. The van der Waals surface area contributed by atoms with Gasteiger partial charge in [0.05, 0.1) is 30.6 Å². The van der Waals surface area contributed by atoms with Crippen LogP contribution in [0.3, 0.4) is 0 Å². The number of fused-ring (bicyclic) bond motifs is 4. The summed E-state index contributed by atoms with van der Waals surface area (Å²) in [7, 11) is 0. The van der Waals surface area contributed by atoms with E-state index in [1.54, 1.807) is 6.26 Å². The van der Waals surface area contributed by atoms with Crippen molar-refractivity contribution >= 4 is 11.5 Å².